The van der Waals surface area contributed by atoms with E-state index >= 15 is 0 Å². The maximum atomic E-state index is 11.8. The normalized spacial score (nSPS) is 13.2. The number of oxazole rings is 1. The molecular formula is C26H27NO5S. The molecule has 2 heterocycles. The van der Waals surface area contributed by atoms with E-state index in [0.29, 0.717) is 31.1 Å². The number of thiophene rings is 1. The second kappa shape index (κ2) is 9.77. The second-order valence-corrected chi connectivity index (χ2v) is 8.95. The molecule has 172 valence electrons. The van der Waals surface area contributed by atoms with E-state index in [9.17, 15) is 9.90 Å². The Morgan fingerprint density at radius 1 is 1.15 bits per heavy atom. The highest BCUT2D eigenvalue weighted by Crippen LogP contribution is 2.34. The van der Waals surface area contributed by atoms with E-state index in [1.165, 1.54) is 10.1 Å². The molecule has 2 aromatic carbocycles. The number of carbonyl (C=O) groups is 1. The number of benzene rings is 2. The average molecular weight is 466 g/mol. The molecule has 0 aliphatic rings. The summed E-state index contributed by atoms with van der Waals surface area (Å²) in [4.78, 5) is 17.4. The quantitative estimate of drug-likeness (QED) is 0.298. The van der Waals surface area contributed by atoms with Crippen LogP contribution in [0.15, 0.2) is 59.0 Å². The minimum atomic E-state index is -1.21. The van der Waals surface area contributed by atoms with Gasteiger partial charge in [0.1, 0.15) is 23.8 Å². The molecule has 0 fully saturated rings. The predicted molar refractivity (Wildman–Crippen MR) is 129 cm³/mol. The van der Waals surface area contributed by atoms with Gasteiger partial charge in [0.2, 0.25) is 5.89 Å². The molecule has 4 aromatic rings. The van der Waals surface area contributed by atoms with E-state index < -0.39 is 11.6 Å². The van der Waals surface area contributed by atoms with Gasteiger partial charge >= 0.3 is 5.97 Å². The first kappa shape index (κ1) is 23.0. The lowest BCUT2D eigenvalue weighted by atomic mass is 9.91. The summed E-state index contributed by atoms with van der Waals surface area (Å²) in [5.41, 5.74) is 0.418. The number of aromatic nitrogens is 1. The Balaban J connectivity index is 1.43. The summed E-state index contributed by atoms with van der Waals surface area (Å²) in [7, 11) is 0. The van der Waals surface area contributed by atoms with E-state index in [-0.39, 0.29) is 6.61 Å². The van der Waals surface area contributed by atoms with E-state index in [2.05, 4.69) is 23.2 Å². The summed E-state index contributed by atoms with van der Waals surface area (Å²) in [6.07, 6.45) is 0.690. The van der Waals surface area contributed by atoms with Crippen LogP contribution in [0.25, 0.3) is 20.9 Å². The van der Waals surface area contributed by atoms with Gasteiger partial charge in [0.25, 0.3) is 0 Å². The van der Waals surface area contributed by atoms with Crippen molar-refractivity contribution >= 4 is 27.4 Å². The van der Waals surface area contributed by atoms with Crippen LogP contribution in [0.4, 0.5) is 0 Å². The van der Waals surface area contributed by atoms with Crippen molar-refractivity contribution in [3.8, 4) is 16.5 Å². The molecule has 0 saturated carbocycles. The number of carboxylic acid groups (broad SMARTS) is 1. The van der Waals surface area contributed by atoms with Crippen LogP contribution in [0.2, 0.25) is 0 Å². The summed E-state index contributed by atoms with van der Waals surface area (Å²) >= 11 is 1.65. The fourth-order valence-corrected chi connectivity index (χ4v) is 4.77. The Morgan fingerprint density at radius 2 is 1.91 bits per heavy atom. The van der Waals surface area contributed by atoms with Gasteiger partial charge in [-0.1, -0.05) is 37.3 Å². The molecule has 33 heavy (non-hydrogen) atoms. The summed E-state index contributed by atoms with van der Waals surface area (Å²) in [6, 6.07) is 17.7. The van der Waals surface area contributed by atoms with Crippen LogP contribution < -0.4 is 4.74 Å². The largest absolute Gasteiger partial charge is 0.487 e. The molecule has 0 spiro atoms. The number of hydrogen-bond acceptors (Lipinski definition) is 6. The van der Waals surface area contributed by atoms with Crippen LogP contribution in [0.3, 0.4) is 0 Å². The van der Waals surface area contributed by atoms with Crippen molar-refractivity contribution in [3.63, 3.8) is 0 Å². The van der Waals surface area contributed by atoms with Gasteiger partial charge in [-0.2, -0.15) is 0 Å². The molecule has 0 unspecified atom stereocenters. The van der Waals surface area contributed by atoms with Gasteiger partial charge in [0.15, 0.2) is 5.60 Å². The van der Waals surface area contributed by atoms with Crippen molar-refractivity contribution in [3.05, 3.63) is 71.6 Å². The van der Waals surface area contributed by atoms with E-state index in [1.807, 2.05) is 57.2 Å². The molecule has 6 nitrogen and oxygen atoms in total. The van der Waals surface area contributed by atoms with Gasteiger partial charge < -0.3 is 19.0 Å². The molecule has 1 N–H and O–H groups in total. The van der Waals surface area contributed by atoms with Crippen LogP contribution in [0.5, 0.6) is 5.75 Å². The number of aliphatic carboxylic acids is 1. The summed E-state index contributed by atoms with van der Waals surface area (Å²) in [5, 5.41) is 10.8. The Hall–Kier alpha value is -3.16. The van der Waals surface area contributed by atoms with Crippen molar-refractivity contribution in [2.24, 2.45) is 0 Å². The lowest BCUT2D eigenvalue weighted by Gasteiger charge is -2.28. The van der Waals surface area contributed by atoms with Crippen molar-refractivity contribution in [2.75, 3.05) is 6.61 Å². The van der Waals surface area contributed by atoms with Gasteiger partial charge in [-0.05, 0) is 55.5 Å². The molecular weight excluding hydrogens is 438 g/mol. The third-order valence-corrected chi connectivity index (χ3v) is 6.80. The van der Waals surface area contributed by atoms with Crippen molar-refractivity contribution in [1.29, 1.82) is 0 Å². The maximum Gasteiger partial charge on any atom is 0.336 e. The number of rotatable bonds is 10. The highest BCUT2D eigenvalue weighted by Gasteiger charge is 2.37. The third-order valence-electron chi connectivity index (χ3n) is 5.70. The summed E-state index contributed by atoms with van der Waals surface area (Å²) < 4.78 is 18.6. The van der Waals surface area contributed by atoms with E-state index in [0.717, 1.165) is 21.9 Å². The topological polar surface area (TPSA) is 81.8 Å². The Kier molecular flexibility index (Phi) is 6.81. The zero-order valence-corrected chi connectivity index (χ0v) is 19.8. The monoisotopic (exact) mass is 465 g/mol. The van der Waals surface area contributed by atoms with E-state index in [1.54, 1.807) is 11.3 Å². The fourth-order valence-electron chi connectivity index (χ4n) is 3.78. The number of nitrogens with zero attached hydrogens (tertiary/aromatic N) is 1. The number of carboxylic acids is 1. The molecule has 1 atom stereocenters. The Bertz CT molecular complexity index is 1210. The lowest BCUT2D eigenvalue weighted by Crippen LogP contribution is -2.43. The zero-order valence-electron chi connectivity index (χ0n) is 19.0. The van der Waals surface area contributed by atoms with Crippen LogP contribution >= 0.6 is 11.3 Å². The summed E-state index contributed by atoms with van der Waals surface area (Å²) in [5.74, 6) is 1.06. The number of aryl methyl sites for hydroxylation is 1. The highest BCUT2D eigenvalue weighted by molar-refractivity contribution is 7.22. The molecule has 0 aliphatic heterocycles. The molecule has 0 amide bonds. The molecule has 7 heteroatoms. The molecule has 0 radical (unpaired) electrons. The fraction of sp³-hybridized carbons (Fsp3) is 0.308. The van der Waals surface area contributed by atoms with Crippen LogP contribution in [-0.2, 0) is 22.6 Å². The minimum absolute atomic E-state index is 0.284. The van der Waals surface area contributed by atoms with E-state index in [4.69, 9.17) is 13.9 Å². The second-order valence-electron chi connectivity index (χ2n) is 7.87. The smallest absolute Gasteiger partial charge is 0.336 e. The van der Waals surface area contributed by atoms with Crippen molar-refractivity contribution < 1.29 is 23.8 Å². The highest BCUT2D eigenvalue weighted by atomic mass is 32.1. The van der Waals surface area contributed by atoms with Gasteiger partial charge in [-0.25, -0.2) is 9.78 Å². The van der Waals surface area contributed by atoms with Crippen LogP contribution in [0, 0.1) is 6.92 Å². The first-order chi connectivity index (χ1) is 15.9. The zero-order chi connectivity index (χ0) is 23.4. The maximum absolute atomic E-state index is 11.8. The number of fused-ring (bicyclic) bond motifs is 1. The van der Waals surface area contributed by atoms with Crippen LogP contribution in [-0.4, -0.2) is 28.3 Å². The average Bonchev–Trinajstić information content (AvgIpc) is 3.41. The Morgan fingerprint density at radius 3 is 2.58 bits per heavy atom. The van der Waals surface area contributed by atoms with Gasteiger partial charge in [-0.15, -0.1) is 11.3 Å². The Labute approximate surface area is 196 Å². The number of ether oxygens (including phenoxy) is 2. The molecule has 0 aliphatic carbocycles. The standard InChI is InChI=1S/C26H27NO5S/c1-4-26(25(28)29,31-5-2)15-18-10-12-20(13-11-18)30-16-21-17(3)32-24(27-21)23-14-19-8-6-7-9-22(19)33-23/h6-14H,4-5,15-16H2,1-3H3,(H,28,29)/t26-/m0/s1. The molecule has 0 bridgehead atoms. The SMILES string of the molecule is CCO[C@@](CC)(Cc1ccc(OCc2nc(-c3cc4ccccc4s3)oc2C)cc1)C(=O)O. The molecule has 0 saturated heterocycles. The number of hydrogen-bond donors (Lipinski definition) is 1. The van der Waals surface area contributed by atoms with Crippen molar-refractivity contribution in [2.45, 2.75) is 45.8 Å². The minimum Gasteiger partial charge on any atom is -0.487 e. The van der Waals surface area contributed by atoms with Gasteiger partial charge in [-0.3, -0.25) is 0 Å². The predicted octanol–water partition coefficient (Wildman–Crippen LogP) is 6.26. The van der Waals surface area contributed by atoms with Crippen molar-refractivity contribution in [1.82, 2.24) is 4.98 Å². The molecule has 2 aromatic heterocycles. The van der Waals surface area contributed by atoms with Crippen LogP contribution in [0.1, 0.15) is 37.3 Å². The first-order valence-corrected chi connectivity index (χ1v) is 11.8. The van der Waals surface area contributed by atoms with Gasteiger partial charge in [0, 0.05) is 17.7 Å². The van der Waals surface area contributed by atoms with Gasteiger partial charge in [0.05, 0.1) is 4.88 Å². The third kappa shape index (κ3) is 4.94. The molecule has 4 rings (SSSR count). The lowest BCUT2D eigenvalue weighted by molar-refractivity contribution is -0.166. The first-order valence-electron chi connectivity index (χ1n) is 11.0. The summed E-state index contributed by atoms with van der Waals surface area (Å²) in [6.45, 7) is 6.15.